The van der Waals surface area contributed by atoms with Crippen LogP contribution in [0.3, 0.4) is 0 Å². The van der Waals surface area contributed by atoms with Gasteiger partial charge in [-0.15, -0.1) is 0 Å². The van der Waals surface area contributed by atoms with Crippen LogP contribution in [0.4, 0.5) is 14.5 Å². The summed E-state index contributed by atoms with van der Waals surface area (Å²) in [6, 6.07) is 10.2. The van der Waals surface area contributed by atoms with Crippen LogP contribution in [-0.2, 0) is 6.61 Å². The fourth-order valence-electron chi connectivity index (χ4n) is 1.41. The molecule has 2 N–H and O–H groups in total. The van der Waals surface area contributed by atoms with Gasteiger partial charge >= 0.3 is 0 Å². The van der Waals surface area contributed by atoms with Crippen molar-refractivity contribution < 1.29 is 13.5 Å². The Morgan fingerprint density at radius 2 is 1.88 bits per heavy atom. The molecule has 0 atom stereocenters. The number of nitrogen functional groups attached to an aromatic ring is 1. The Hall–Kier alpha value is -2.10. The molecule has 0 aliphatic rings. The van der Waals surface area contributed by atoms with Crippen LogP contribution in [0.15, 0.2) is 42.5 Å². The maximum Gasteiger partial charge on any atom is 0.146 e. The summed E-state index contributed by atoms with van der Waals surface area (Å²) in [4.78, 5) is 0. The van der Waals surface area contributed by atoms with E-state index in [4.69, 9.17) is 10.5 Å². The molecular weight excluding hydrogens is 224 g/mol. The maximum absolute atomic E-state index is 12.9. The highest BCUT2D eigenvalue weighted by Crippen LogP contribution is 2.16. The summed E-state index contributed by atoms with van der Waals surface area (Å²) in [6.07, 6.45) is 0. The minimum Gasteiger partial charge on any atom is -0.489 e. The highest BCUT2D eigenvalue weighted by molar-refractivity contribution is 5.42. The second-order valence-electron chi connectivity index (χ2n) is 3.60. The van der Waals surface area contributed by atoms with E-state index in [9.17, 15) is 8.78 Å². The van der Waals surface area contributed by atoms with Crippen molar-refractivity contribution in [3.63, 3.8) is 0 Å². The lowest BCUT2D eigenvalue weighted by Crippen LogP contribution is -1.98. The molecule has 0 heterocycles. The van der Waals surface area contributed by atoms with Crippen LogP contribution >= 0.6 is 0 Å². The van der Waals surface area contributed by atoms with Gasteiger partial charge in [0.15, 0.2) is 0 Å². The number of ether oxygens (including phenoxy) is 1. The van der Waals surface area contributed by atoms with Gasteiger partial charge in [-0.25, -0.2) is 8.78 Å². The van der Waals surface area contributed by atoms with E-state index in [1.165, 1.54) is 24.3 Å². The van der Waals surface area contributed by atoms with Crippen LogP contribution in [0.5, 0.6) is 5.75 Å². The van der Waals surface area contributed by atoms with Gasteiger partial charge in [-0.1, -0.05) is 12.1 Å². The number of nitrogens with two attached hydrogens (primary N) is 1. The molecule has 17 heavy (non-hydrogen) atoms. The van der Waals surface area contributed by atoms with Crippen molar-refractivity contribution in [2.75, 3.05) is 5.73 Å². The van der Waals surface area contributed by atoms with Crippen molar-refractivity contribution in [3.8, 4) is 5.75 Å². The fourth-order valence-corrected chi connectivity index (χ4v) is 1.41. The van der Waals surface area contributed by atoms with E-state index in [0.717, 1.165) is 5.56 Å². The Balaban J connectivity index is 2.05. The number of halogens is 2. The van der Waals surface area contributed by atoms with Crippen molar-refractivity contribution >= 4 is 5.69 Å². The molecule has 2 rings (SSSR count). The predicted molar refractivity (Wildman–Crippen MR) is 61.5 cm³/mol. The van der Waals surface area contributed by atoms with Gasteiger partial charge in [0, 0.05) is 6.07 Å². The first-order valence-electron chi connectivity index (χ1n) is 5.07. The minimum absolute atomic E-state index is 0.0744. The van der Waals surface area contributed by atoms with Gasteiger partial charge in [-0.05, 0) is 29.8 Å². The van der Waals surface area contributed by atoms with E-state index < -0.39 is 5.82 Å². The molecular formula is C13H11F2NO. The fraction of sp³-hybridized carbons (Fsp3) is 0.0769. The topological polar surface area (TPSA) is 35.2 Å². The molecule has 0 amide bonds. The van der Waals surface area contributed by atoms with E-state index in [1.807, 2.05) is 0 Å². The molecule has 0 saturated carbocycles. The Morgan fingerprint density at radius 3 is 2.59 bits per heavy atom. The van der Waals surface area contributed by atoms with Crippen LogP contribution < -0.4 is 10.5 Å². The third-order valence-electron chi connectivity index (χ3n) is 2.26. The van der Waals surface area contributed by atoms with Gasteiger partial charge in [-0.3, -0.25) is 0 Å². The number of hydrogen-bond donors (Lipinski definition) is 1. The molecule has 0 aliphatic carbocycles. The molecule has 0 saturated heterocycles. The Bertz CT molecular complexity index is 529. The monoisotopic (exact) mass is 235 g/mol. The zero-order valence-corrected chi connectivity index (χ0v) is 8.99. The van der Waals surface area contributed by atoms with E-state index in [0.29, 0.717) is 5.75 Å². The van der Waals surface area contributed by atoms with Crippen molar-refractivity contribution in [1.29, 1.82) is 0 Å². The minimum atomic E-state index is -0.459. The largest absolute Gasteiger partial charge is 0.489 e. The molecule has 0 unspecified atom stereocenters. The summed E-state index contributed by atoms with van der Waals surface area (Å²) in [5.74, 6) is -0.395. The third-order valence-corrected chi connectivity index (χ3v) is 2.26. The molecule has 88 valence electrons. The predicted octanol–water partition coefficient (Wildman–Crippen LogP) is 3.13. The molecule has 4 heteroatoms. The van der Waals surface area contributed by atoms with E-state index >= 15 is 0 Å². The second kappa shape index (κ2) is 4.82. The number of benzene rings is 2. The lowest BCUT2D eigenvalue weighted by molar-refractivity contribution is 0.304. The highest BCUT2D eigenvalue weighted by atomic mass is 19.1. The average molecular weight is 235 g/mol. The van der Waals surface area contributed by atoms with Crippen molar-refractivity contribution in [3.05, 3.63) is 59.7 Å². The molecule has 0 spiro atoms. The summed E-state index contributed by atoms with van der Waals surface area (Å²) in [5.41, 5.74) is 6.23. The number of anilines is 1. The Labute approximate surface area is 97.6 Å². The van der Waals surface area contributed by atoms with Crippen molar-refractivity contribution in [2.45, 2.75) is 6.61 Å². The summed E-state index contributed by atoms with van der Waals surface area (Å²) in [5, 5.41) is 0. The van der Waals surface area contributed by atoms with Crippen LogP contribution in [-0.4, -0.2) is 0 Å². The molecule has 0 bridgehead atoms. The lowest BCUT2D eigenvalue weighted by atomic mass is 10.2. The van der Waals surface area contributed by atoms with Crippen LogP contribution in [0.1, 0.15) is 5.56 Å². The van der Waals surface area contributed by atoms with Gasteiger partial charge < -0.3 is 10.5 Å². The molecule has 0 aromatic heterocycles. The molecule has 2 aromatic carbocycles. The molecule has 2 nitrogen and oxygen atoms in total. The summed E-state index contributed by atoms with van der Waals surface area (Å²) in [6.45, 7) is 0.216. The van der Waals surface area contributed by atoms with E-state index in [2.05, 4.69) is 0 Å². The average Bonchev–Trinajstić information content (AvgIpc) is 2.31. The summed E-state index contributed by atoms with van der Waals surface area (Å²) < 4.78 is 31.1. The first kappa shape index (κ1) is 11.4. The zero-order chi connectivity index (χ0) is 12.3. The smallest absolute Gasteiger partial charge is 0.146 e. The first-order valence-corrected chi connectivity index (χ1v) is 5.07. The van der Waals surface area contributed by atoms with Crippen LogP contribution in [0.2, 0.25) is 0 Å². The quantitative estimate of drug-likeness (QED) is 0.829. The molecule has 2 aromatic rings. The van der Waals surface area contributed by atoms with Gasteiger partial charge in [-0.2, -0.15) is 0 Å². The standard InChI is InChI=1S/C13H11F2NO/c14-10-2-1-3-11(7-10)17-8-9-4-5-12(15)13(16)6-9/h1-7H,8,16H2. The Kier molecular flexibility index (Phi) is 3.23. The lowest BCUT2D eigenvalue weighted by Gasteiger charge is -2.07. The number of hydrogen-bond acceptors (Lipinski definition) is 2. The Morgan fingerprint density at radius 1 is 1.06 bits per heavy atom. The first-order chi connectivity index (χ1) is 8.15. The zero-order valence-electron chi connectivity index (χ0n) is 8.99. The van der Waals surface area contributed by atoms with Crippen LogP contribution in [0.25, 0.3) is 0 Å². The maximum atomic E-state index is 12.9. The summed E-state index contributed by atoms with van der Waals surface area (Å²) >= 11 is 0. The number of rotatable bonds is 3. The second-order valence-corrected chi connectivity index (χ2v) is 3.60. The van der Waals surface area contributed by atoms with Crippen molar-refractivity contribution in [2.24, 2.45) is 0 Å². The summed E-state index contributed by atoms with van der Waals surface area (Å²) in [7, 11) is 0. The van der Waals surface area contributed by atoms with E-state index in [1.54, 1.807) is 18.2 Å². The van der Waals surface area contributed by atoms with Gasteiger partial charge in [0.25, 0.3) is 0 Å². The SMILES string of the molecule is Nc1cc(COc2cccc(F)c2)ccc1F. The van der Waals surface area contributed by atoms with Gasteiger partial charge in [0.1, 0.15) is 24.0 Å². The van der Waals surface area contributed by atoms with Crippen molar-refractivity contribution in [1.82, 2.24) is 0 Å². The molecule has 0 aliphatic heterocycles. The third kappa shape index (κ3) is 2.93. The highest BCUT2D eigenvalue weighted by Gasteiger charge is 2.01. The molecule has 0 radical (unpaired) electrons. The molecule has 0 fully saturated rings. The van der Waals surface area contributed by atoms with Crippen LogP contribution in [0, 0.1) is 11.6 Å². The normalized spacial score (nSPS) is 10.2. The van der Waals surface area contributed by atoms with E-state index in [-0.39, 0.29) is 18.1 Å². The van der Waals surface area contributed by atoms with Gasteiger partial charge in [0.05, 0.1) is 5.69 Å². The van der Waals surface area contributed by atoms with Gasteiger partial charge in [0.2, 0.25) is 0 Å².